The van der Waals surface area contributed by atoms with Gasteiger partial charge in [0.2, 0.25) is 23.2 Å². The van der Waals surface area contributed by atoms with Gasteiger partial charge >= 0.3 is 5.97 Å². The number of methoxy groups -OCH3 is 3. The number of nitrogens with zero attached hydrogens (tertiary/aromatic N) is 2. The van der Waals surface area contributed by atoms with Crippen LogP contribution in [0.1, 0.15) is 55.8 Å². The molecular formula is C30H40N2O8. The maximum absolute atomic E-state index is 12.9. The van der Waals surface area contributed by atoms with Gasteiger partial charge in [0.05, 0.1) is 40.4 Å². The van der Waals surface area contributed by atoms with Gasteiger partial charge in [-0.3, -0.25) is 24.2 Å². The largest absolute Gasteiger partial charge is 0.493 e. The summed E-state index contributed by atoms with van der Waals surface area (Å²) in [4.78, 5) is 56.6. The summed E-state index contributed by atoms with van der Waals surface area (Å²) in [6.07, 6.45) is 9.49. The van der Waals surface area contributed by atoms with Crippen molar-refractivity contribution < 1.29 is 38.1 Å². The Kier molecular flexibility index (Phi) is 13.6. The Hall–Kier alpha value is -3.95. The summed E-state index contributed by atoms with van der Waals surface area (Å²) >= 11 is 0. The summed E-state index contributed by atoms with van der Waals surface area (Å²) in [7, 11) is 4.30. The van der Waals surface area contributed by atoms with E-state index in [9.17, 15) is 19.2 Å². The van der Waals surface area contributed by atoms with E-state index < -0.39 is 17.6 Å². The summed E-state index contributed by atoms with van der Waals surface area (Å²) < 4.78 is 21.2. The fraction of sp³-hybridized carbons (Fsp3) is 0.500. The van der Waals surface area contributed by atoms with Crippen LogP contribution in [-0.4, -0.2) is 81.6 Å². The summed E-state index contributed by atoms with van der Waals surface area (Å²) in [5.41, 5.74) is 0.135. The van der Waals surface area contributed by atoms with Crippen molar-refractivity contribution in [1.82, 2.24) is 4.90 Å². The molecule has 2 rings (SSSR count). The highest BCUT2D eigenvalue weighted by molar-refractivity contribution is 6.43. The highest BCUT2D eigenvalue weighted by Crippen LogP contribution is 2.38. The second-order valence-electron chi connectivity index (χ2n) is 9.24. The number of carbonyl (C=O) groups is 4. The van der Waals surface area contributed by atoms with Gasteiger partial charge in [0, 0.05) is 24.7 Å². The molecule has 10 heteroatoms. The van der Waals surface area contributed by atoms with E-state index in [0.29, 0.717) is 50.9 Å². The number of hydrogen-bond donors (Lipinski definition) is 0. The van der Waals surface area contributed by atoms with Crippen molar-refractivity contribution in [3.8, 4) is 17.2 Å². The van der Waals surface area contributed by atoms with E-state index in [0.717, 1.165) is 0 Å². The van der Waals surface area contributed by atoms with Crippen LogP contribution < -0.4 is 14.2 Å². The van der Waals surface area contributed by atoms with Crippen LogP contribution >= 0.6 is 0 Å². The third-order valence-electron chi connectivity index (χ3n) is 6.50. The molecule has 0 spiro atoms. The molecule has 0 N–H and O–H groups in total. The van der Waals surface area contributed by atoms with Gasteiger partial charge in [0.25, 0.3) is 0 Å². The van der Waals surface area contributed by atoms with E-state index >= 15 is 0 Å². The molecule has 1 aliphatic rings. The van der Waals surface area contributed by atoms with Gasteiger partial charge in [-0.05, 0) is 51.2 Å². The van der Waals surface area contributed by atoms with Crippen LogP contribution in [0.25, 0.3) is 0 Å². The third-order valence-corrected chi connectivity index (χ3v) is 6.50. The van der Waals surface area contributed by atoms with E-state index in [4.69, 9.17) is 18.9 Å². The van der Waals surface area contributed by atoms with Crippen molar-refractivity contribution >= 4 is 29.7 Å². The van der Waals surface area contributed by atoms with Gasteiger partial charge in [-0.25, -0.2) is 0 Å². The molecule has 0 bridgehead atoms. The summed E-state index contributed by atoms with van der Waals surface area (Å²) in [6.45, 7) is 6.61. The summed E-state index contributed by atoms with van der Waals surface area (Å²) in [5, 5.41) is 0. The predicted molar refractivity (Wildman–Crippen MR) is 151 cm³/mol. The van der Waals surface area contributed by atoms with Crippen molar-refractivity contribution in [2.75, 3.05) is 41.0 Å². The fourth-order valence-corrected chi connectivity index (χ4v) is 4.32. The Balaban J connectivity index is 1.83. The number of ketones is 2. The molecule has 1 aliphatic heterocycles. The zero-order valence-electron chi connectivity index (χ0n) is 23.9. The number of rotatable bonds is 18. The van der Waals surface area contributed by atoms with Crippen LogP contribution in [0.15, 0.2) is 41.9 Å². The molecule has 1 aromatic carbocycles. The number of benzene rings is 1. The van der Waals surface area contributed by atoms with Crippen LogP contribution in [0.2, 0.25) is 0 Å². The van der Waals surface area contributed by atoms with Gasteiger partial charge in [-0.1, -0.05) is 18.2 Å². The lowest BCUT2D eigenvalue weighted by Gasteiger charge is -2.28. The number of amides is 1. The van der Waals surface area contributed by atoms with Crippen LogP contribution in [0.4, 0.5) is 0 Å². The standard InChI is InChI=1S/C30H40N2O8/c1-6-8-12-21(11-7-2)30(36)40-18-10-16-32-17-15-31-23(29(32)35)13-9-14-24(33)27(34)22-19-25(37-3)28(39-5)26(20-22)38-4/h6-8,15,19-21,23H,2,9-14,16-18H2,1,3-5H3/b8-6+. The molecule has 0 saturated heterocycles. The Bertz CT molecular complexity index is 1090. The monoisotopic (exact) mass is 556 g/mol. The normalized spacial score (nSPS) is 15.6. The topological polar surface area (TPSA) is 121 Å². The minimum Gasteiger partial charge on any atom is -0.493 e. The van der Waals surface area contributed by atoms with Crippen LogP contribution in [-0.2, 0) is 19.1 Å². The van der Waals surface area contributed by atoms with Crippen LogP contribution in [0.5, 0.6) is 17.2 Å². The molecule has 2 atom stereocenters. The van der Waals surface area contributed by atoms with E-state index in [1.165, 1.54) is 33.5 Å². The maximum Gasteiger partial charge on any atom is 0.309 e. The van der Waals surface area contributed by atoms with Crippen molar-refractivity contribution in [3.63, 3.8) is 0 Å². The lowest BCUT2D eigenvalue weighted by atomic mass is 10.00. The van der Waals surface area contributed by atoms with Crippen molar-refractivity contribution in [1.29, 1.82) is 0 Å². The molecule has 0 aromatic heterocycles. The van der Waals surface area contributed by atoms with Gasteiger partial charge in [-0.15, -0.1) is 6.58 Å². The number of carbonyl (C=O) groups excluding carboxylic acids is 4. The molecule has 1 amide bonds. The number of ether oxygens (including phenoxy) is 4. The first kappa shape index (κ1) is 32.3. The SMILES string of the molecule is C=CCC(C/C=C/C)C(=O)OCCCN1CC=NC(CCCC(=O)C(=O)c2cc(OC)c(OC)c(OC)c2)C1=O. The molecule has 2 unspecified atom stereocenters. The first-order chi connectivity index (χ1) is 19.3. The fourth-order valence-electron chi connectivity index (χ4n) is 4.32. The van der Waals surface area contributed by atoms with Crippen LogP contribution in [0, 0.1) is 5.92 Å². The number of esters is 1. The molecule has 40 heavy (non-hydrogen) atoms. The Morgan fingerprint density at radius 2 is 1.80 bits per heavy atom. The average Bonchev–Trinajstić information content (AvgIpc) is 2.97. The zero-order chi connectivity index (χ0) is 29.5. The molecular weight excluding hydrogens is 516 g/mol. The maximum atomic E-state index is 12.9. The average molecular weight is 557 g/mol. The molecule has 0 fully saturated rings. The lowest BCUT2D eigenvalue weighted by Crippen LogP contribution is -2.43. The Labute approximate surface area is 236 Å². The first-order valence-electron chi connectivity index (χ1n) is 13.4. The molecule has 1 aromatic rings. The van der Waals surface area contributed by atoms with Gasteiger partial charge in [-0.2, -0.15) is 0 Å². The Morgan fingerprint density at radius 3 is 2.40 bits per heavy atom. The zero-order valence-corrected chi connectivity index (χ0v) is 23.9. The van der Waals surface area contributed by atoms with E-state index in [1.54, 1.807) is 17.2 Å². The summed E-state index contributed by atoms with van der Waals surface area (Å²) in [6, 6.07) is 2.26. The quantitative estimate of drug-likeness (QED) is 0.0875. The molecule has 1 heterocycles. The number of hydrogen-bond acceptors (Lipinski definition) is 9. The highest BCUT2D eigenvalue weighted by atomic mass is 16.5. The minimum absolute atomic E-state index is 0.0240. The van der Waals surface area contributed by atoms with Gasteiger partial charge in [0.15, 0.2) is 11.5 Å². The second-order valence-corrected chi connectivity index (χ2v) is 9.24. The first-order valence-corrected chi connectivity index (χ1v) is 13.4. The number of allylic oxidation sites excluding steroid dienone is 3. The lowest BCUT2D eigenvalue weighted by molar-refractivity contribution is -0.148. The van der Waals surface area contributed by atoms with Gasteiger partial charge in [0.1, 0.15) is 6.04 Å². The molecule has 10 nitrogen and oxygen atoms in total. The molecule has 218 valence electrons. The molecule has 0 saturated carbocycles. The molecule has 0 radical (unpaired) electrons. The second kappa shape index (κ2) is 16.9. The predicted octanol–water partition coefficient (Wildman–Crippen LogP) is 4.01. The Morgan fingerprint density at radius 1 is 1.10 bits per heavy atom. The van der Waals surface area contributed by atoms with Crippen molar-refractivity contribution in [2.24, 2.45) is 10.9 Å². The van der Waals surface area contributed by atoms with E-state index in [1.807, 2.05) is 19.1 Å². The smallest absolute Gasteiger partial charge is 0.309 e. The van der Waals surface area contributed by atoms with E-state index in [-0.39, 0.29) is 47.9 Å². The molecule has 0 aliphatic carbocycles. The number of aliphatic imine (C=N–C) groups is 1. The van der Waals surface area contributed by atoms with Crippen molar-refractivity contribution in [3.05, 3.63) is 42.5 Å². The van der Waals surface area contributed by atoms with E-state index in [2.05, 4.69) is 11.6 Å². The minimum atomic E-state index is -0.671. The summed E-state index contributed by atoms with van der Waals surface area (Å²) in [5.74, 6) is -1.04. The van der Waals surface area contributed by atoms with Crippen molar-refractivity contribution in [2.45, 2.75) is 51.5 Å². The number of Topliss-reactive ketones (excluding diaryl/α,β-unsaturated/α-hetero) is 2. The van der Waals surface area contributed by atoms with Gasteiger partial charge < -0.3 is 23.8 Å². The highest BCUT2D eigenvalue weighted by Gasteiger charge is 2.27. The third kappa shape index (κ3) is 9.07. The van der Waals surface area contributed by atoms with Crippen LogP contribution in [0.3, 0.4) is 0 Å².